The number of hydrogen-bond acceptors (Lipinski definition) is 0. The highest BCUT2D eigenvalue weighted by atomic mass is 19.2. The van der Waals surface area contributed by atoms with Crippen LogP contribution in [0, 0.1) is 46.5 Å². The molecule has 180 valence electrons. The first-order valence-electron chi connectivity index (χ1n) is 10.9. The molecule has 3 aromatic rings. The molecule has 0 saturated carbocycles. The lowest BCUT2D eigenvalue weighted by Gasteiger charge is -2.28. The Kier molecular flexibility index (Phi) is 6.69. The predicted octanol–water partition coefficient (Wildman–Crippen LogP) is 8.08. The second-order valence-corrected chi connectivity index (χ2v) is 8.54. The van der Waals surface area contributed by atoms with Crippen LogP contribution in [0.15, 0.2) is 24.3 Å². The molecule has 0 nitrogen and oxygen atoms in total. The Morgan fingerprint density at radius 3 is 1.91 bits per heavy atom. The highest BCUT2D eigenvalue weighted by Gasteiger charge is 2.33. The van der Waals surface area contributed by atoms with Gasteiger partial charge in [0.15, 0.2) is 29.1 Å². The minimum absolute atomic E-state index is 0.0444. The lowest BCUT2D eigenvalue weighted by atomic mass is 9.78. The molecule has 0 fully saturated rings. The van der Waals surface area contributed by atoms with E-state index < -0.39 is 63.6 Å². The van der Waals surface area contributed by atoms with Crippen LogP contribution in [-0.2, 0) is 19.3 Å². The highest BCUT2D eigenvalue weighted by Crippen LogP contribution is 2.42. The molecule has 0 bridgehead atoms. The van der Waals surface area contributed by atoms with Gasteiger partial charge < -0.3 is 0 Å². The summed E-state index contributed by atoms with van der Waals surface area (Å²) in [6.45, 7) is 1.95. The summed E-state index contributed by atoms with van der Waals surface area (Å²) < 4.78 is 115. The summed E-state index contributed by atoms with van der Waals surface area (Å²) in [5.74, 6) is -12.1. The normalized spacial score (nSPS) is 15.5. The number of aryl methyl sites for hydroxylation is 1. The van der Waals surface area contributed by atoms with Gasteiger partial charge in [-0.1, -0.05) is 13.3 Å². The Morgan fingerprint density at radius 2 is 1.32 bits per heavy atom. The van der Waals surface area contributed by atoms with Crippen molar-refractivity contribution in [1.29, 1.82) is 0 Å². The number of benzene rings is 3. The zero-order chi connectivity index (χ0) is 24.7. The molecular weight excluding hydrogens is 464 g/mol. The smallest absolute Gasteiger partial charge is 0.194 e. The van der Waals surface area contributed by atoms with Crippen molar-refractivity contribution in [2.45, 2.75) is 51.4 Å². The molecule has 0 N–H and O–H groups in total. The molecule has 4 rings (SSSR count). The number of rotatable bonds is 5. The van der Waals surface area contributed by atoms with E-state index in [0.29, 0.717) is 24.1 Å². The van der Waals surface area contributed by atoms with Gasteiger partial charge in [0, 0.05) is 5.56 Å². The van der Waals surface area contributed by atoms with E-state index in [1.807, 2.05) is 6.92 Å². The van der Waals surface area contributed by atoms with Crippen LogP contribution in [-0.4, -0.2) is 0 Å². The molecule has 0 amide bonds. The van der Waals surface area contributed by atoms with Gasteiger partial charge in [0.25, 0.3) is 0 Å². The molecule has 3 aromatic carbocycles. The van der Waals surface area contributed by atoms with Gasteiger partial charge >= 0.3 is 0 Å². The summed E-state index contributed by atoms with van der Waals surface area (Å²) in [5.41, 5.74) is -2.12. The van der Waals surface area contributed by atoms with Gasteiger partial charge in [0.05, 0.1) is 5.56 Å². The minimum Gasteiger partial charge on any atom is -0.207 e. The molecule has 0 spiro atoms. The van der Waals surface area contributed by atoms with E-state index in [-0.39, 0.29) is 36.0 Å². The zero-order valence-electron chi connectivity index (χ0n) is 18.2. The van der Waals surface area contributed by atoms with Crippen molar-refractivity contribution >= 4 is 0 Å². The second kappa shape index (κ2) is 9.39. The van der Waals surface area contributed by atoms with Crippen LogP contribution in [0.25, 0.3) is 11.1 Å². The number of halogens is 8. The summed E-state index contributed by atoms with van der Waals surface area (Å²) in [5, 5.41) is 0. The SMILES string of the molecule is CCCCc1cc(F)c(C2CCc3c(F)c(-c4cc(F)c(F)c(F)c4)c(F)c(F)c3C2)c(F)c1. The van der Waals surface area contributed by atoms with Crippen molar-refractivity contribution in [3.63, 3.8) is 0 Å². The predicted molar refractivity (Wildman–Crippen MR) is 111 cm³/mol. The van der Waals surface area contributed by atoms with Gasteiger partial charge in [0.2, 0.25) is 0 Å². The van der Waals surface area contributed by atoms with Gasteiger partial charge in [-0.3, -0.25) is 0 Å². The van der Waals surface area contributed by atoms with E-state index >= 15 is 4.39 Å². The first-order valence-corrected chi connectivity index (χ1v) is 10.9. The van der Waals surface area contributed by atoms with Crippen LogP contribution in [0.2, 0.25) is 0 Å². The van der Waals surface area contributed by atoms with E-state index in [1.54, 1.807) is 0 Å². The summed E-state index contributed by atoms with van der Waals surface area (Å²) in [7, 11) is 0. The Morgan fingerprint density at radius 1 is 0.706 bits per heavy atom. The highest BCUT2D eigenvalue weighted by molar-refractivity contribution is 5.67. The van der Waals surface area contributed by atoms with Gasteiger partial charge in [-0.05, 0) is 84.5 Å². The van der Waals surface area contributed by atoms with Gasteiger partial charge in [-0.25, -0.2) is 35.1 Å². The van der Waals surface area contributed by atoms with Crippen LogP contribution < -0.4 is 0 Å². The number of unbranched alkanes of at least 4 members (excludes halogenated alkanes) is 1. The fourth-order valence-corrected chi connectivity index (χ4v) is 4.65. The van der Waals surface area contributed by atoms with Crippen LogP contribution in [0.5, 0.6) is 0 Å². The van der Waals surface area contributed by atoms with E-state index in [0.717, 1.165) is 12.8 Å². The summed E-state index contributed by atoms with van der Waals surface area (Å²) in [6, 6.07) is 3.20. The fourth-order valence-electron chi connectivity index (χ4n) is 4.65. The minimum atomic E-state index is -1.82. The van der Waals surface area contributed by atoms with Crippen molar-refractivity contribution in [3.8, 4) is 11.1 Å². The first-order chi connectivity index (χ1) is 16.1. The molecular formula is C26H20F8. The lowest BCUT2D eigenvalue weighted by Crippen LogP contribution is -2.20. The van der Waals surface area contributed by atoms with Crippen molar-refractivity contribution in [2.24, 2.45) is 0 Å². The maximum atomic E-state index is 15.2. The molecule has 1 unspecified atom stereocenters. The Bertz CT molecular complexity index is 1220. The largest absolute Gasteiger partial charge is 0.207 e. The topological polar surface area (TPSA) is 0 Å². The van der Waals surface area contributed by atoms with Crippen molar-refractivity contribution < 1.29 is 35.1 Å². The van der Waals surface area contributed by atoms with Crippen LogP contribution >= 0.6 is 0 Å². The van der Waals surface area contributed by atoms with E-state index in [1.165, 1.54) is 12.1 Å². The van der Waals surface area contributed by atoms with Crippen molar-refractivity contribution in [1.82, 2.24) is 0 Å². The molecule has 1 aliphatic carbocycles. The van der Waals surface area contributed by atoms with E-state index in [2.05, 4.69) is 0 Å². The molecule has 1 aliphatic rings. The van der Waals surface area contributed by atoms with Crippen LogP contribution in [0.3, 0.4) is 0 Å². The third kappa shape index (κ3) is 4.18. The summed E-state index contributed by atoms with van der Waals surface area (Å²) in [6.07, 6.45) is 1.60. The van der Waals surface area contributed by atoms with Crippen molar-refractivity contribution in [3.05, 3.63) is 93.1 Å². The average Bonchev–Trinajstić information content (AvgIpc) is 2.79. The Labute approximate surface area is 191 Å². The third-order valence-corrected chi connectivity index (χ3v) is 6.36. The van der Waals surface area contributed by atoms with Crippen LogP contribution in [0.1, 0.15) is 54.4 Å². The molecule has 8 heteroatoms. The summed E-state index contributed by atoms with van der Waals surface area (Å²) >= 11 is 0. The zero-order valence-corrected chi connectivity index (χ0v) is 18.2. The third-order valence-electron chi connectivity index (χ3n) is 6.36. The maximum absolute atomic E-state index is 15.2. The molecule has 0 aromatic heterocycles. The molecule has 0 aliphatic heterocycles. The second-order valence-electron chi connectivity index (χ2n) is 8.54. The number of hydrogen-bond donors (Lipinski definition) is 0. The average molecular weight is 484 g/mol. The van der Waals surface area contributed by atoms with Gasteiger partial charge in [-0.15, -0.1) is 0 Å². The van der Waals surface area contributed by atoms with Crippen LogP contribution in [0.4, 0.5) is 35.1 Å². The first kappa shape index (κ1) is 24.2. The fraction of sp³-hybridized carbons (Fsp3) is 0.308. The standard InChI is InChI=1S/C26H20F8/c1-2-3-4-12-7-17(27)21(18(28)8-12)13-5-6-15-16(9-13)24(32)26(34)22(23(15)31)14-10-19(29)25(33)20(30)11-14/h7-8,10-11,13H,2-6,9H2,1H3. The molecule has 34 heavy (non-hydrogen) atoms. The van der Waals surface area contributed by atoms with Crippen molar-refractivity contribution in [2.75, 3.05) is 0 Å². The molecule has 0 saturated heterocycles. The van der Waals surface area contributed by atoms with Gasteiger partial charge in [0.1, 0.15) is 17.5 Å². The van der Waals surface area contributed by atoms with E-state index in [9.17, 15) is 30.7 Å². The quantitative estimate of drug-likeness (QED) is 0.195. The molecule has 0 heterocycles. The Hall–Kier alpha value is -2.90. The van der Waals surface area contributed by atoms with Gasteiger partial charge in [-0.2, -0.15) is 0 Å². The maximum Gasteiger partial charge on any atom is 0.194 e. The van der Waals surface area contributed by atoms with E-state index in [4.69, 9.17) is 0 Å². The monoisotopic (exact) mass is 484 g/mol. The lowest BCUT2D eigenvalue weighted by molar-refractivity contribution is 0.440. The molecule has 0 radical (unpaired) electrons. The molecule has 1 atom stereocenters. The summed E-state index contributed by atoms with van der Waals surface area (Å²) in [4.78, 5) is 0. The number of fused-ring (bicyclic) bond motifs is 1. The Balaban J connectivity index is 1.75.